The molecule has 152 valence electrons. The molecule has 1 aliphatic heterocycles. The van der Waals surface area contributed by atoms with Crippen LogP contribution in [0.4, 0.5) is 0 Å². The fraction of sp³-hybridized carbons (Fsp3) is 0.435. The third-order valence-electron chi connectivity index (χ3n) is 5.74. The van der Waals surface area contributed by atoms with E-state index in [1.54, 1.807) is 0 Å². The molecule has 0 fully saturated rings. The van der Waals surface area contributed by atoms with Crippen LogP contribution in [-0.2, 0) is 14.1 Å². The Morgan fingerprint density at radius 1 is 1.10 bits per heavy atom. The van der Waals surface area contributed by atoms with Gasteiger partial charge in [0.2, 0.25) is 0 Å². The van der Waals surface area contributed by atoms with E-state index in [-0.39, 0.29) is 0 Å². The Morgan fingerprint density at radius 3 is 2.59 bits per heavy atom. The maximum Gasteiger partial charge on any atom is 0.155 e. The van der Waals surface area contributed by atoms with E-state index in [2.05, 4.69) is 55.2 Å². The molecule has 3 heterocycles. The minimum absolute atomic E-state index is 0.815. The summed E-state index contributed by atoms with van der Waals surface area (Å²) in [6.07, 6.45) is 5.26. The smallest absolute Gasteiger partial charge is 0.155 e. The molecular formula is C23H30N6. The lowest BCUT2D eigenvalue weighted by Crippen LogP contribution is -2.39. The Labute approximate surface area is 172 Å². The summed E-state index contributed by atoms with van der Waals surface area (Å²) in [5.41, 5.74) is 7.85. The normalized spacial score (nSPS) is 13.3. The first-order valence-electron chi connectivity index (χ1n) is 10.4. The van der Waals surface area contributed by atoms with Crippen molar-refractivity contribution in [2.24, 2.45) is 19.1 Å². The molecule has 0 saturated heterocycles. The fourth-order valence-corrected chi connectivity index (χ4v) is 4.12. The molecule has 0 atom stereocenters. The highest BCUT2D eigenvalue weighted by Crippen LogP contribution is 2.29. The number of nitrogens with zero attached hydrogens (tertiary/aromatic N) is 6. The van der Waals surface area contributed by atoms with Gasteiger partial charge in [-0.3, -0.25) is 14.4 Å². The number of hydrogen-bond donors (Lipinski definition) is 0. The van der Waals surface area contributed by atoms with Gasteiger partial charge in [-0.1, -0.05) is 43.2 Å². The molecule has 6 nitrogen and oxygen atoms in total. The lowest BCUT2D eigenvalue weighted by Gasteiger charge is -2.23. The maximum absolute atomic E-state index is 4.91. The molecule has 3 aromatic rings. The number of aryl methyl sites for hydroxylation is 3. The van der Waals surface area contributed by atoms with Crippen molar-refractivity contribution < 1.29 is 0 Å². The lowest BCUT2D eigenvalue weighted by molar-refractivity contribution is 0.443. The van der Waals surface area contributed by atoms with Gasteiger partial charge in [0.1, 0.15) is 5.69 Å². The third-order valence-corrected chi connectivity index (χ3v) is 5.74. The van der Waals surface area contributed by atoms with E-state index in [0.717, 1.165) is 47.5 Å². The van der Waals surface area contributed by atoms with Gasteiger partial charge in [-0.15, -0.1) is 0 Å². The minimum Gasteiger partial charge on any atom is -0.377 e. The molecule has 1 aromatic carbocycles. The second-order valence-corrected chi connectivity index (χ2v) is 7.92. The highest BCUT2D eigenvalue weighted by atomic mass is 15.3. The number of rotatable bonds is 6. The van der Waals surface area contributed by atoms with Crippen molar-refractivity contribution in [3.63, 3.8) is 0 Å². The molecule has 1 aliphatic rings. The van der Waals surface area contributed by atoms with Crippen molar-refractivity contribution in [2.75, 3.05) is 20.1 Å². The number of hydrogen-bond acceptors (Lipinski definition) is 4. The lowest BCUT2D eigenvalue weighted by atomic mass is 10.0. The number of fused-ring (bicyclic) bond motifs is 1. The molecule has 29 heavy (non-hydrogen) atoms. The van der Waals surface area contributed by atoms with Crippen LogP contribution in [0.3, 0.4) is 0 Å². The summed E-state index contributed by atoms with van der Waals surface area (Å²) in [6.45, 7) is 6.21. The van der Waals surface area contributed by atoms with Crippen LogP contribution in [0.2, 0.25) is 0 Å². The number of aromatic nitrogens is 4. The van der Waals surface area contributed by atoms with Gasteiger partial charge < -0.3 is 4.90 Å². The van der Waals surface area contributed by atoms with Crippen molar-refractivity contribution in [1.29, 1.82) is 0 Å². The Hall–Kier alpha value is -2.89. The molecule has 0 unspecified atom stereocenters. The standard InChI is InChI=1S/C23H30N6/c1-6-7-14-27(3)19-12-13-24-23-20(19)21(26-29(23)5)18-15-25-28(4)22(18)17-10-8-16(2)9-11-17/h8-11,15H,6-7,12-14H2,1-5H3. The highest BCUT2D eigenvalue weighted by molar-refractivity contribution is 5.80. The zero-order valence-electron chi connectivity index (χ0n) is 18.1. The summed E-state index contributed by atoms with van der Waals surface area (Å²) in [6, 6.07) is 8.61. The second-order valence-electron chi connectivity index (χ2n) is 7.92. The topological polar surface area (TPSA) is 51.2 Å². The zero-order chi connectivity index (χ0) is 20.5. The number of unbranched alkanes of at least 4 members (excludes halogenated alkanes) is 1. The van der Waals surface area contributed by atoms with Gasteiger partial charge in [0.15, 0.2) is 5.49 Å². The molecular weight excluding hydrogens is 360 g/mol. The second kappa shape index (κ2) is 7.85. The summed E-state index contributed by atoms with van der Waals surface area (Å²) in [7, 11) is 6.18. The predicted octanol–water partition coefficient (Wildman–Crippen LogP) is 2.66. The average Bonchev–Trinajstić information content (AvgIpc) is 3.27. The number of benzene rings is 1. The van der Waals surface area contributed by atoms with Gasteiger partial charge in [0, 0.05) is 57.5 Å². The zero-order valence-corrected chi connectivity index (χ0v) is 18.1. The summed E-state index contributed by atoms with van der Waals surface area (Å²) in [5, 5.41) is 10.7. The Morgan fingerprint density at radius 2 is 1.86 bits per heavy atom. The van der Waals surface area contributed by atoms with Crippen LogP contribution in [-0.4, -0.2) is 44.6 Å². The molecule has 0 spiro atoms. The van der Waals surface area contributed by atoms with Crippen LogP contribution in [0.15, 0.2) is 35.5 Å². The summed E-state index contributed by atoms with van der Waals surface area (Å²) < 4.78 is 3.87. The van der Waals surface area contributed by atoms with Crippen molar-refractivity contribution in [3.05, 3.63) is 46.7 Å². The first-order valence-corrected chi connectivity index (χ1v) is 10.4. The van der Waals surface area contributed by atoms with Crippen LogP contribution in [0.25, 0.3) is 28.2 Å². The first-order chi connectivity index (χ1) is 14.0. The van der Waals surface area contributed by atoms with Gasteiger partial charge in [-0.2, -0.15) is 10.2 Å². The van der Waals surface area contributed by atoms with Gasteiger partial charge in [0.05, 0.1) is 17.1 Å². The molecule has 0 N–H and O–H groups in total. The molecule has 4 rings (SSSR count). The van der Waals surface area contributed by atoms with Gasteiger partial charge >= 0.3 is 0 Å². The SMILES string of the molecule is CCCCN(C)C1=c2c(-c3cnn(C)c3-c3ccc(C)cc3)nn(C)c2=NCC1. The van der Waals surface area contributed by atoms with Crippen LogP contribution in [0.1, 0.15) is 31.7 Å². The Kier molecular flexibility index (Phi) is 5.26. The van der Waals surface area contributed by atoms with Gasteiger partial charge in [-0.25, -0.2) is 0 Å². The van der Waals surface area contributed by atoms with Crippen molar-refractivity contribution >= 4 is 5.70 Å². The summed E-state index contributed by atoms with van der Waals surface area (Å²) in [4.78, 5) is 7.19. The minimum atomic E-state index is 0.815. The average molecular weight is 391 g/mol. The summed E-state index contributed by atoms with van der Waals surface area (Å²) in [5.74, 6) is 0. The highest BCUT2D eigenvalue weighted by Gasteiger charge is 2.22. The van der Waals surface area contributed by atoms with E-state index in [0.29, 0.717) is 0 Å². The van der Waals surface area contributed by atoms with Crippen molar-refractivity contribution in [3.8, 4) is 22.5 Å². The van der Waals surface area contributed by atoms with E-state index in [9.17, 15) is 0 Å². The third kappa shape index (κ3) is 3.48. The van der Waals surface area contributed by atoms with Crippen LogP contribution in [0, 0.1) is 6.92 Å². The van der Waals surface area contributed by atoms with Crippen molar-refractivity contribution in [2.45, 2.75) is 33.1 Å². The molecule has 0 bridgehead atoms. The van der Waals surface area contributed by atoms with E-state index in [1.165, 1.54) is 29.3 Å². The van der Waals surface area contributed by atoms with Gasteiger partial charge in [0.25, 0.3) is 0 Å². The molecule has 6 heteroatoms. The van der Waals surface area contributed by atoms with E-state index >= 15 is 0 Å². The van der Waals surface area contributed by atoms with Crippen molar-refractivity contribution in [1.82, 2.24) is 24.5 Å². The largest absolute Gasteiger partial charge is 0.377 e. The van der Waals surface area contributed by atoms with Crippen LogP contribution < -0.4 is 10.7 Å². The monoisotopic (exact) mass is 390 g/mol. The van der Waals surface area contributed by atoms with Crippen LogP contribution >= 0.6 is 0 Å². The maximum atomic E-state index is 4.91. The summed E-state index contributed by atoms with van der Waals surface area (Å²) >= 11 is 0. The predicted molar refractivity (Wildman–Crippen MR) is 117 cm³/mol. The molecule has 0 amide bonds. The first kappa shape index (κ1) is 19.4. The fourth-order valence-electron chi connectivity index (χ4n) is 4.12. The quantitative estimate of drug-likeness (QED) is 0.650. The van der Waals surface area contributed by atoms with Gasteiger partial charge in [-0.05, 0) is 13.3 Å². The molecule has 2 aromatic heterocycles. The van der Waals surface area contributed by atoms with E-state index < -0.39 is 0 Å². The van der Waals surface area contributed by atoms with Crippen LogP contribution in [0.5, 0.6) is 0 Å². The molecule has 0 saturated carbocycles. The molecule has 0 radical (unpaired) electrons. The molecule has 0 aliphatic carbocycles. The Balaban J connectivity index is 1.95. The Bertz CT molecular complexity index is 1130. The van der Waals surface area contributed by atoms with E-state index in [1.807, 2.05) is 29.7 Å². The van der Waals surface area contributed by atoms with E-state index in [4.69, 9.17) is 10.1 Å².